The van der Waals surface area contributed by atoms with Crippen molar-refractivity contribution in [3.63, 3.8) is 0 Å². The molecule has 2 N–H and O–H groups in total. The van der Waals surface area contributed by atoms with Gasteiger partial charge < -0.3 is 20.1 Å². The third-order valence-electron chi connectivity index (χ3n) is 8.08. The second kappa shape index (κ2) is 14.0. The molecule has 1 aliphatic rings. The number of carbonyl (C=O) groups is 2. The van der Waals surface area contributed by atoms with Gasteiger partial charge in [0, 0.05) is 29.7 Å². The molecular formula is C36H35N5O4. The lowest BCUT2D eigenvalue weighted by atomic mass is 9.90. The zero-order valence-corrected chi connectivity index (χ0v) is 25.1. The first-order valence-electron chi connectivity index (χ1n) is 15.2. The Morgan fingerprint density at radius 1 is 0.844 bits per heavy atom. The summed E-state index contributed by atoms with van der Waals surface area (Å²) in [6, 6.07) is 23.1. The number of para-hydroxylation sites is 1. The molecule has 1 saturated carbocycles. The Balaban J connectivity index is 1.18. The topological polar surface area (TPSA) is 115 Å². The number of carbonyl (C=O) groups excluding carboxylic acids is 2. The molecule has 0 radical (unpaired) electrons. The normalized spacial score (nSPS) is 13.4. The number of ether oxygens (including phenoxy) is 2. The third-order valence-corrected chi connectivity index (χ3v) is 8.08. The van der Waals surface area contributed by atoms with Gasteiger partial charge in [0.15, 0.2) is 11.5 Å². The Labute approximate surface area is 262 Å². The van der Waals surface area contributed by atoms with Crippen LogP contribution in [0.25, 0.3) is 10.9 Å². The van der Waals surface area contributed by atoms with E-state index in [1.54, 1.807) is 55.9 Å². The highest BCUT2D eigenvalue weighted by Gasteiger charge is 2.22. The van der Waals surface area contributed by atoms with Crippen LogP contribution in [-0.2, 0) is 0 Å². The summed E-state index contributed by atoms with van der Waals surface area (Å²) >= 11 is 0. The van der Waals surface area contributed by atoms with Gasteiger partial charge in [0.2, 0.25) is 0 Å². The number of anilines is 1. The molecule has 5 aromatic rings. The van der Waals surface area contributed by atoms with Gasteiger partial charge in [0.05, 0.1) is 41.7 Å². The number of methoxy groups -OCH3 is 1. The standard InChI is InChI=1S/C36H35N5O4/c1-44-32-15-9-12-28(34(32)45-23-24-10-3-2-4-11-24)36(43)40-27-17-16-25-20-26(22-39-31(25)21-27)35(42)41-33(29-13-5-7-18-37-29)30-14-6-8-19-38-30/h5-9,12-22,24,33H,2-4,10-11,23H2,1H3,(H,40,43)(H,41,42). The minimum Gasteiger partial charge on any atom is -0.493 e. The number of aromatic nitrogens is 3. The minimum absolute atomic E-state index is 0.304. The van der Waals surface area contributed by atoms with Crippen molar-refractivity contribution in [2.24, 2.45) is 5.92 Å². The van der Waals surface area contributed by atoms with E-state index in [-0.39, 0.29) is 11.8 Å². The molecule has 228 valence electrons. The summed E-state index contributed by atoms with van der Waals surface area (Å²) in [5.41, 5.74) is 3.36. The van der Waals surface area contributed by atoms with E-state index >= 15 is 0 Å². The van der Waals surface area contributed by atoms with E-state index in [2.05, 4.69) is 25.6 Å². The van der Waals surface area contributed by atoms with Crippen LogP contribution in [0.3, 0.4) is 0 Å². The van der Waals surface area contributed by atoms with Crippen molar-refractivity contribution in [1.29, 1.82) is 0 Å². The molecule has 0 atom stereocenters. The number of hydrogen-bond donors (Lipinski definition) is 2. The Hall–Kier alpha value is -5.31. The van der Waals surface area contributed by atoms with Crippen LogP contribution in [0, 0.1) is 5.92 Å². The van der Waals surface area contributed by atoms with E-state index in [1.807, 2.05) is 42.5 Å². The maximum atomic E-state index is 13.4. The fourth-order valence-corrected chi connectivity index (χ4v) is 5.69. The number of hydrogen-bond acceptors (Lipinski definition) is 7. The van der Waals surface area contributed by atoms with Crippen LogP contribution >= 0.6 is 0 Å². The molecular weight excluding hydrogens is 566 g/mol. The van der Waals surface area contributed by atoms with E-state index in [0.717, 1.165) is 18.2 Å². The van der Waals surface area contributed by atoms with Gasteiger partial charge in [0.25, 0.3) is 11.8 Å². The van der Waals surface area contributed by atoms with Crippen molar-refractivity contribution in [2.45, 2.75) is 38.1 Å². The van der Waals surface area contributed by atoms with Gasteiger partial charge in [-0.25, -0.2) is 0 Å². The van der Waals surface area contributed by atoms with Crippen molar-refractivity contribution >= 4 is 28.4 Å². The van der Waals surface area contributed by atoms with Gasteiger partial charge in [0.1, 0.15) is 6.04 Å². The lowest BCUT2D eigenvalue weighted by Gasteiger charge is -2.23. The Kier molecular flexibility index (Phi) is 9.24. The largest absolute Gasteiger partial charge is 0.493 e. The number of amides is 2. The van der Waals surface area contributed by atoms with E-state index in [0.29, 0.717) is 57.7 Å². The second-order valence-electron chi connectivity index (χ2n) is 11.2. The van der Waals surface area contributed by atoms with Crippen LogP contribution in [0.5, 0.6) is 11.5 Å². The number of rotatable bonds is 10. The summed E-state index contributed by atoms with van der Waals surface area (Å²) in [5, 5.41) is 6.78. The average molecular weight is 602 g/mol. The van der Waals surface area contributed by atoms with Crippen molar-refractivity contribution in [3.8, 4) is 11.5 Å². The number of pyridine rings is 3. The lowest BCUT2D eigenvalue weighted by molar-refractivity contribution is 0.0940. The fraction of sp³-hybridized carbons (Fsp3) is 0.250. The van der Waals surface area contributed by atoms with Gasteiger partial charge in [-0.3, -0.25) is 24.5 Å². The highest BCUT2D eigenvalue weighted by molar-refractivity contribution is 6.07. The Morgan fingerprint density at radius 3 is 2.29 bits per heavy atom. The summed E-state index contributed by atoms with van der Waals surface area (Å²) < 4.78 is 11.7. The van der Waals surface area contributed by atoms with Crippen molar-refractivity contribution in [1.82, 2.24) is 20.3 Å². The summed E-state index contributed by atoms with van der Waals surface area (Å²) in [6.45, 7) is 0.556. The Bertz CT molecular complexity index is 1740. The molecule has 3 heterocycles. The summed E-state index contributed by atoms with van der Waals surface area (Å²) in [5.74, 6) is 0.846. The predicted octanol–water partition coefficient (Wildman–Crippen LogP) is 6.76. The molecule has 9 nitrogen and oxygen atoms in total. The van der Waals surface area contributed by atoms with Crippen LogP contribution in [0.2, 0.25) is 0 Å². The summed E-state index contributed by atoms with van der Waals surface area (Å²) in [6.07, 6.45) is 10.9. The zero-order chi connectivity index (χ0) is 31.0. The van der Waals surface area contributed by atoms with Crippen LogP contribution in [0.15, 0.2) is 97.5 Å². The van der Waals surface area contributed by atoms with E-state index in [1.165, 1.54) is 25.5 Å². The van der Waals surface area contributed by atoms with Crippen LogP contribution in [-0.4, -0.2) is 40.5 Å². The molecule has 2 amide bonds. The maximum absolute atomic E-state index is 13.4. The van der Waals surface area contributed by atoms with Gasteiger partial charge in [-0.2, -0.15) is 0 Å². The number of benzene rings is 2. The van der Waals surface area contributed by atoms with Crippen molar-refractivity contribution in [2.75, 3.05) is 19.0 Å². The van der Waals surface area contributed by atoms with Crippen LogP contribution in [0.1, 0.15) is 70.2 Å². The highest BCUT2D eigenvalue weighted by Crippen LogP contribution is 2.34. The number of fused-ring (bicyclic) bond motifs is 1. The van der Waals surface area contributed by atoms with Gasteiger partial charge >= 0.3 is 0 Å². The second-order valence-corrected chi connectivity index (χ2v) is 11.2. The first-order chi connectivity index (χ1) is 22.1. The van der Waals surface area contributed by atoms with Crippen LogP contribution < -0.4 is 20.1 Å². The monoisotopic (exact) mass is 601 g/mol. The Morgan fingerprint density at radius 2 is 1.60 bits per heavy atom. The van der Waals surface area contributed by atoms with E-state index < -0.39 is 6.04 Å². The number of nitrogens with zero attached hydrogens (tertiary/aromatic N) is 3. The molecule has 0 aliphatic heterocycles. The molecule has 1 fully saturated rings. The van der Waals surface area contributed by atoms with Gasteiger partial charge in [-0.05, 0) is 73.4 Å². The molecule has 9 heteroatoms. The average Bonchev–Trinajstić information content (AvgIpc) is 3.10. The predicted molar refractivity (Wildman–Crippen MR) is 173 cm³/mol. The molecule has 0 unspecified atom stereocenters. The number of nitrogens with one attached hydrogen (secondary N) is 2. The van der Waals surface area contributed by atoms with E-state index in [4.69, 9.17) is 9.47 Å². The summed E-state index contributed by atoms with van der Waals surface area (Å²) in [4.78, 5) is 40.2. The minimum atomic E-state index is -0.527. The molecule has 6 rings (SSSR count). The fourth-order valence-electron chi connectivity index (χ4n) is 5.69. The third kappa shape index (κ3) is 7.09. The highest BCUT2D eigenvalue weighted by atomic mass is 16.5. The van der Waals surface area contributed by atoms with E-state index in [9.17, 15) is 9.59 Å². The first kappa shape index (κ1) is 29.7. The summed E-state index contributed by atoms with van der Waals surface area (Å²) in [7, 11) is 1.57. The van der Waals surface area contributed by atoms with Gasteiger partial charge in [-0.1, -0.05) is 43.5 Å². The smallest absolute Gasteiger partial charge is 0.259 e. The first-order valence-corrected chi connectivity index (χ1v) is 15.2. The maximum Gasteiger partial charge on any atom is 0.259 e. The zero-order valence-electron chi connectivity index (χ0n) is 25.1. The SMILES string of the molecule is COc1cccc(C(=O)Nc2ccc3cc(C(=O)NC(c4ccccn4)c4ccccn4)cnc3c2)c1OCC1CCCCC1. The van der Waals surface area contributed by atoms with Crippen molar-refractivity contribution < 1.29 is 19.1 Å². The van der Waals surface area contributed by atoms with Crippen molar-refractivity contribution in [3.05, 3.63) is 120 Å². The quantitative estimate of drug-likeness (QED) is 0.182. The van der Waals surface area contributed by atoms with Gasteiger partial charge in [-0.15, -0.1) is 0 Å². The lowest BCUT2D eigenvalue weighted by Crippen LogP contribution is -2.30. The molecule has 3 aromatic heterocycles. The molecule has 0 spiro atoms. The molecule has 0 bridgehead atoms. The molecule has 45 heavy (non-hydrogen) atoms. The molecule has 1 aliphatic carbocycles. The molecule has 2 aromatic carbocycles. The van der Waals surface area contributed by atoms with Crippen LogP contribution in [0.4, 0.5) is 5.69 Å². The molecule has 0 saturated heterocycles.